The van der Waals surface area contributed by atoms with Gasteiger partial charge in [-0.05, 0) is 32.3 Å². The highest BCUT2D eigenvalue weighted by Gasteiger charge is 2.34. The summed E-state index contributed by atoms with van der Waals surface area (Å²) in [7, 11) is 1.74. The number of hydrogen-bond acceptors (Lipinski definition) is 2. The summed E-state index contributed by atoms with van der Waals surface area (Å²) < 4.78 is 5.53. The molecule has 0 saturated heterocycles. The molecule has 88 valence electrons. The van der Waals surface area contributed by atoms with E-state index in [0.29, 0.717) is 0 Å². The van der Waals surface area contributed by atoms with Crippen LogP contribution in [0.1, 0.15) is 42.4 Å². The monoisotopic (exact) mass is 219 g/mol. The Kier molecular flexibility index (Phi) is 2.94. The Morgan fingerprint density at radius 2 is 1.81 bits per heavy atom. The van der Waals surface area contributed by atoms with Crippen LogP contribution in [-0.4, -0.2) is 7.11 Å². The predicted octanol–water partition coefficient (Wildman–Crippen LogP) is 3.04. The molecule has 1 fully saturated rings. The average molecular weight is 219 g/mol. The summed E-state index contributed by atoms with van der Waals surface area (Å²) in [4.78, 5) is 0. The van der Waals surface area contributed by atoms with Crippen LogP contribution in [-0.2, 0) is 5.54 Å². The van der Waals surface area contributed by atoms with E-state index < -0.39 is 0 Å². The van der Waals surface area contributed by atoms with Gasteiger partial charge in [0.2, 0.25) is 0 Å². The van der Waals surface area contributed by atoms with Gasteiger partial charge in [0.15, 0.2) is 0 Å². The van der Waals surface area contributed by atoms with Crippen LogP contribution in [0.5, 0.6) is 5.75 Å². The molecule has 0 bridgehead atoms. The van der Waals surface area contributed by atoms with Crippen molar-refractivity contribution in [1.29, 1.82) is 0 Å². The quantitative estimate of drug-likeness (QED) is 0.829. The third-order valence-corrected chi connectivity index (χ3v) is 3.66. The van der Waals surface area contributed by atoms with Crippen molar-refractivity contribution in [1.82, 2.24) is 0 Å². The second-order valence-electron chi connectivity index (χ2n) is 5.03. The van der Waals surface area contributed by atoms with Gasteiger partial charge in [-0.25, -0.2) is 0 Å². The lowest BCUT2D eigenvalue weighted by molar-refractivity contribution is 0.376. The van der Waals surface area contributed by atoms with Crippen LogP contribution in [0.3, 0.4) is 0 Å². The van der Waals surface area contributed by atoms with E-state index in [-0.39, 0.29) is 5.54 Å². The summed E-state index contributed by atoms with van der Waals surface area (Å²) in [5.74, 6) is 0.981. The lowest BCUT2D eigenvalue weighted by Gasteiger charge is -2.27. The third kappa shape index (κ3) is 1.82. The van der Waals surface area contributed by atoms with Gasteiger partial charge in [0.25, 0.3) is 0 Å². The third-order valence-electron chi connectivity index (χ3n) is 3.66. The van der Waals surface area contributed by atoms with Crippen molar-refractivity contribution >= 4 is 0 Å². The zero-order valence-electron chi connectivity index (χ0n) is 10.5. The summed E-state index contributed by atoms with van der Waals surface area (Å²) in [6.07, 6.45) is 4.61. The molecule has 1 aromatic carbocycles. The maximum atomic E-state index is 6.51. The van der Waals surface area contributed by atoms with Gasteiger partial charge in [-0.2, -0.15) is 0 Å². The van der Waals surface area contributed by atoms with Crippen LogP contribution in [0.2, 0.25) is 0 Å². The molecule has 0 radical (unpaired) electrons. The molecule has 0 amide bonds. The largest absolute Gasteiger partial charge is 0.496 e. The van der Waals surface area contributed by atoms with Crippen molar-refractivity contribution in [3.8, 4) is 5.75 Å². The molecule has 1 saturated carbocycles. The number of nitrogens with two attached hydrogens (primary N) is 1. The van der Waals surface area contributed by atoms with Gasteiger partial charge >= 0.3 is 0 Å². The molecule has 1 aromatic rings. The van der Waals surface area contributed by atoms with E-state index in [9.17, 15) is 0 Å². The highest BCUT2D eigenvalue weighted by Crippen LogP contribution is 2.42. The van der Waals surface area contributed by atoms with Crippen LogP contribution in [0, 0.1) is 13.8 Å². The molecule has 0 spiro atoms. The molecule has 2 heteroatoms. The number of hydrogen-bond donors (Lipinski definition) is 1. The lowest BCUT2D eigenvalue weighted by atomic mass is 9.86. The first kappa shape index (κ1) is 11.5. The van der Waals surface area contributed by atoms with Crippen molar-refractivity contribution < 1.29 is 4.74 Å². The van der Waals surface area contributed by atoms with E-state index in [1.807, 2.05) is 0 Å². The Morgan fingerprint density at radius 1 is 1.19 bits per heavy atom. The number of aryl methyl sites for hydroxylation is 2. The Balaban J connectivity index is 2.53. The van der Waals surface area contributed by atoms with Gasteiger partial charge in [0.05, 0.1) is 7.11 Å². The topological polar surface area (TPSA) is 35.2 Å². The van der Waals surface area contributed by atoms with Crippen LogP contribution >= 0.6 is 0 Å². The molecule has 0 heterocycles. The molecule has 2 rings (SSSR count). The van der Waals surface area contributed by atoms with E-state index in [4.69, 9.17) is 10.5 Å². The van der Waals surface area contributed by atoms with Gasteiger partial charge in [-0.15, -0.1) is 0 Å². The van der Waals surface area contributed by atoms with Crippen molar-refractivity contribution in [2.24, 2.45) is 5.73 Å². The second kappa shape index (κ2) is 4.10. The van der Waals surface area contributed by atoms with E-state index >= 15 is 0 Å². The molecule has 16 heavy (non-hydrogen) atoms. The summed E-state index contributed by atoms with van der Waals surface area (Å²) in [6.45, 7) is 4.21. The van der Waals surface area contributed by atoms with Crippen molar-refractivity contribution in [3.63, 3.8) is 0 Å². The molecular weight excluding hydrogens is 198 g/mol. The zero-order chi connectivity index (χ0) is 11.8. The van der Waals surface area contributed by atoms with Crippen LogP contribution in [0.25, 0.3) is 0 Å². The maximum Gasteiger partial charge on any atom is 0.126 e. The summed E-state index contributed by atoms with van der Waals surface area (Å²) in [5, 5.41) is 0. The van der Waals surface area contributed by atoms with Gasteiger partial charge in [0.1, 0.15) is 5.75 Å². The average Bonchev–Trinajstić information content (AvgIpc) is 2.65. The zero-order valence-corrected chi connectivity index (χ0v) is 10.5. The van der Waals surface area contributed by atoms with Gasteiger partial charge in [0, 0.05) is 11.1 Å². The molecule has 1 aliphatic carbocycles. The normalized spacial score (nSPS) is 18.8. The Labute approximate surface area is 97.8 Å². The summed E-state index contributed by atoms with van der Waals surface area (Å²) in [6, 6.07) is 4.35. The van der Waals surface area contributed by atoms with Crippen LogP contribution < -0.4 is 10.5 Å². The van der Waals surface area contributed by atoms with E-state index in [2.05, 4.69) is 26.0 Å². The molecule has 2 N–H and O–H groups in total. The van der Waals surface area contributed by atoms with Gasteiger partial charge < -0.3 is 10.5 Å². The predicted molar refractivity (Wildman–Crippen MR) is 66.8 cm³/mol. The molecule has 0 aromatic heterocycles. The smallest absolute Gasteiger partial charge is 0.126 e. The highest BCUT2D eigenvalue weighted by atomic mass is 16.5. The fourth-order valence-electron chi connectivity index (χ4n) is 2.87. The Morgan fingerprint density at radius 3 is 2.38 bits per heavy atom. The lowest BCUT2D eigenvalue weighted by Crippen LogP contribution is -2.33. The maximum absolute atomic E-state index is 6.51. The van der Waals surface area contributed by atoms with Gasteiger partial charge in [-0.3, -0.25) is 0 Å². The van der Waals surface area contributed by atoms with Crippen LogP contribution in [0.15, 0.2) is 12.1 Å². The number of ether oxygens (including phenoxy) is 1. The fraction of sp³-hybridized carbons (Fsp3) is 0.571. The molecule has 0 atom stereocenters. The minimum absolute atomic E-state index is 0.165. The SMILES string of the molecule is COc1c(C)cc(C)cc1C1(N)CCCC1. The van der Waals surface area contributed by atoms with Gasteiger partial charge in [-0.1, -0.05) is 30.5 Å². The molecule has 0 aliphatic heterocycles. The Bertz CT molecular complexity index is 392. The van der Waals surface area contributed by atoms with Crippen molar-refractivity contribution in [2.75, 3.05) is 7.11 Å². The van der Waals surface area contributed by atoms with E-state index in [1.165, 1.54) is 29.5 Å². The number of benzene rings is 1. The molecule has 0 unspecified atom stereocenters. The van der Waals surface area contributed by atoms with Crippen molar-refractivity contribution in [2.45, 2.75) is 45.1 Å². The number of methoxy groups -OCH3 is 1. The minimum Gasteiger partial charge on any atom is -0.496 e. The molecule has 1 aliphatic rings. The molecular formula is C14H21NO. The first-order chi connectivity index (χ1) is 7.57. The van der Waals surface area contributed by atoms with E-state index in [0.717, 1.165) is 18.6 Å². The Hall–Kier alpha value is -1.02. The minimum atomic E-state index is -0.165. The van der Waals surface area contributed by atoms with Crippen LogP contribution in [0.4, 0.5) is 0 Å². The second-order valence-corrected chi connectivity index (χ2v) is 5.03. The molecule has 2 nitrogen and oxygen atoms in total. The standard InChI is InChI=1S/C14H21NO/c1-10-8-11(2)13(16-3)12(9-10)14(15)6-4-5-7-14/h8-9H,4-7,15H2,1-3H3. The van der Waals surface area contributed by atoms with Crippen molar-refractivity contribution in [3.05, 3.63) is 28.8 Å². The highest BCUT2D eigenvalue weighted by molar-refractivity contribution is 5.47. The van der Waals surface area contributed by atoms with E-state index in [1.54, 1.807) is 7.11 Å². The summed E-state index contributed by atoms with van der Waals surface area (Å²) in [5.41, 5.74) is 10.0. The first-order valence-corrected chi connectivity index (χ1v) is 6.01. The fourth-order valence-corrected chi connectivity index (χ4v) is 2.87. The first-order valence-electron chi connectivity index (χ1n) is 6.01. The number of rotatable bonds is 2. The summed E-state index contributed by atoms with van der Waals surface area (Å²) >= 11 is 0.